The van der Waals surface area contributed by atoms with Gasteiger partial charge in [0, 0.05) is 6.04 Å². The molecule has 2 bridgehead atoms. The molecule has 2 aliphatic heterocycles. The molecule has 3 heteroatoms. The molecule has 2 atom stereocenters. The van der Waals surface area contributed by atoms with Crippen molar-refractivity contribution < 1.29 is 9.53 Å². The minimum Gasteiger partial charge on any atom is -0.444 e. The van der Waals surface area contributed by atoms with Crippen LogP contribution in [0.1, 0.15) is 65.0 Å². The largest absolute Gasteiger partial charge is 0.444 e. The number of carbonyl (C=O) groups is 1. The summed E-state index contributed by atoms with van der Waals surface area (Å²) in [6, 6.07) is 9.43. The Morgan fingerprint density at radius 1 is 1.20 bits per heavy atom. The van der Waals surface area contributed by atoms with E-state index in [1.165, 1.54) is 16.7 Å². The Morgan fingerprint density at radius 2 is 1.88 bits per heavy atom. The van der Waals surface area contributed by atoms with Crippen LogP contribution >= 0.6 is 0 Å². The summed E-state index contributed by atoms with van der Waals surface area (Å²) in [6.07, 6.45) is 6.28. The highest BCUT2D eigenvalue weighted by atomic mass is 16.6. The van der Waals surface area contributed by atoms with Gasteiger partial charge in [-0.15, -0.1) is 0 Å². The Hall–Kier alpha value is -1.77. The van der Waals surface area contributed by atoms with Gasteiger partial charge in [-0.25, -0.2) is 4.79 Å². The number of fused-ring (bicyclic) bond motifs is 2. The molecule has 2 aliphatic rings. The molecule has 25 heavy (non-hydrogen) atoms. The van der Waals surface area contributed by atoms with Crippen LogP contribution in [-0.2, 0) is 11.2 Å². The Bertz CT molecular complexity index is 652. The minimum atomic E-state index is -0.438. The molecule has 2 heterocycles. The van der Waals surface area contributed by atoms with E-state index in [0.29, 0.717) is 5.92 Å². The monoisotopic (exact) mass is 341 g/mol. The Kier molecular flexibility index (Phi) is 4.95. The fourth-order valence-corrected chi connectivity index (χ4v) is 3.97. The van der Waals surface area contributed by atoms with Crippen LogP contribution in [0.3, 0.4) is 0 Å². The topological polar surface area (TPSA) is 29.5 Å². The summed E-state index contributed by atoms with van der Waals surface area (Å²) in [5.41, 5.74) is 3.64. The zero-order chi connectivity index (χ0) is 18.2. The molecule has 0 aromatic heterocycles. The predicted octanol–water partition coefficient (Wildman–Crippen LogP) is 5.44. The van der Waals surface area contributed by atoms with Crippen LogP contribution in [0.4, 0.5) is 4.79 Å². The highest BCUT2D eigenvalue weighted by Crippen LogP contribution is 2.39. The SMILES string of the molecule is CC(C)Cc1ccc(C2=CC3CCC(C2)N3C(=O)OC(C)(C)C)cc1. The average molecular weight is 341 g/mol. The third kappa shape index (κ3) is 4.26. The molecular formula is C22H31NO2. The fourth-order valence-electron chi connectivity index (χ4n) is 3.97. The first-order chi connectivity index (χ1) is 11.7. The number of rotatable bonds is 3. The number of carbonyl (C=O) groups excluding carboxylic acids is 1. The standard InChI is InChI=1S/C22H31NO2/c1-15(2)12-16-6-8-17(9-7-16)18-13-19-10-11-20(14-18)23(19)21(24)25-22(3,4)5/h6-9,13,15,19-20H,10-12,14H2,1-5H3. The van der Waals surface area contributed by atoms with Crippen LogP contribution < -0.4 is 0 Å². The first-order valence-electron chi connectivity index (χ1n) is 9.54. The molecule has 0 aliphatic carbocycles. The maximum atomic E-state index is 12.5. The van der Waals surface area contributed by atoms with Crippen molar-refractivity contribution in [3.05, 3.63) is 41.5 Å². The lowest BCUT2D eigenvalue weighted by atomic mass is 9.93. The lowest BCUT2D eigenvalue weighted by Gasteiger charge is -2.35. The summed E-state index contributed by atoms with van der Waals surface area (Å²) in [6.45, 7) is 10.3. The lowest BCUT2D eigenvalue weighted by Crippen LogP contribution is -2.45. The fraction of sp³-hybridized carbons (Fsp3) is 0.591. The Morgan fingerprint density at radius 3 is 2.44 bits per heavy atom. The normalized spacial score (nSPS) is 23.0. The van der Waals surface area contributed by atoms with E-state index in [2.05, 4.69) is 44.2 Å². The van der Waals surface area contributed by atoms with E-state index in [1.54, 1.807) is 0 Å². The summed E-state index contributed by atoms with van der Waals surface area (Å²) in [7, 11) is 0. The summed E-state index contributed by atoms with van der Waals surface area (Å²) in [4.78, 5) is 14.5. The number of nitrogens with zero attached hydrogens (tertiary/aromatic N) is 1. The molecule has 0 radical (unpaired) electrons. The van der Waals surface area contributed by atoms with E-state index in [0.717, 1.165) is 25.7 Å². The van der Waals surface area contributed by atoms with Gasteiger partial charge >= 0.3 is 6.09 Å². The Labute approximate surface area is 152 Å². The van der Waals surface area contributed by atoms with Gasteiger partial charge in [-0.05, 0) is 69.1 Å². The van der Waals surface area contributed by atoms with Crippen LogP contribution in [0.25, 0.3) is 5.57 Å². The van der Waals surface area contributed by atoms with E-state index in [-0.39, 0.29) is 18.2 Å². The van der Waals surface area contributed by atoms with Crippen molar-refractivity contribution in [2.75, 3.05) is 0 Å². The molecule has 0 saturated carbocycles. The van der Waals surface area contributed by atoms with Crippen molar-refractivity contribution in [1.82, 2.24) is 4.90 Å². The average Bonchev–Trinajstić information content (AvgIpc) is 2.76. The predicted molar refractivity (Wildman–Crippen MR) is 102 cm³/mol. The van der Waals surface area contributed by atoms with Gasteiger partial charge in [0.05, 0.1) is 6.04 Å². The summed E-state index contributed by atoms with van der Waals surface area (Å²) >= 11 is 0. The zero-order valence-corrected chi connectivity index (χ0v) is 16.2. The Balaban J connectivity index is 1.74. The van der Waals surface area contributed by atoms with Gasteiger partial charge in [0.25, 0.3) is 0 Å². The second kappa shape index (κ2) is 6.86. The molecule has 1 saturated heterocycles. The van der Waals surface area contributed by atoms with Crippen LogP contribution in [0.15, 0.2) is 30.3 Å². The molecule has 1 fully saturated rings. The lowest BCUT2D eigenvalue weighted by molar-refractivity contribution is 0.0175. The highest BCUT2D eigenvalue weighted by Gasteiger charge is 2.41. The van der Waals surface area contributed by atoms with Crippen LogP contribution in [0, 0.1) is 5.92 Å². The second-order valence-corrected chi connectivity index (χ2v) is 8.88. The first-order valence-corrected chi connectivity index (χ1v) is 9.54. The van der Waals surface area contributed by atoms with Gasteiger partial charge in [-0.2, -0.15) is 0 Å². The van der Waals surface area contributed by atoms with Crippen molar-refractivity contribution in [3.8, 4) is 0 Å². The van der Waals surface area contributed by atoms with Crippen molar-refractivity contribution in [1.29, 1.82) is 0 Å². The van der Waals surface area contributed by atoms with E-state index < -0.39 is 5.60 Å². The van der Waals surface area contributed by atoms with Gasteiger partial charge in [-0.3, -0.25) is 4.90 Å². The van der Waals surface area contributed by atoms with Crippen molar-refractivity contribution in [3.63, 3.8) is 0 Å². The number of hydrogen-bond acceptors (Lipinski definition) is 2. The summed E-state index contributed by atoms with van der Waals surface area (Å²) in [5.74, 6) is 0.679. The molecule has 1 aromatic carbocycles. The molecule has 3 nitrogen and oxygen atoms in total. The highest BCUT2D eigenvalue weighted by molar-refractivity contribution is 5.75. The third-order valence-electron chi connectivity index (χ3n) is 4.97. The third-order valence-corrected chi connectivity index (χ3v) is 4.97. The van der Waals surface area contributed by atoms with E-state index in [4.69, 9.17) is 4.74 Å². The molecule has 0 N–H and O–H groups in total. The van der Waals surface area contributed by atoms with Gasteiger partial charge in [0.1, 0.15) is 5.60 Å². The quantitative estimate of drug-likeness (QED) is 0.732. The van der Waals surface area contributed by atoms with Gasteiger partial charge in [0.2, 0.25) is 0 Å². The molecule has 1 amide bonds. The van der Waals surface area contributed by atoms with E-state index in [9.17, 15) is 4.79 Å². The molecule has 1 aromatic rings. The smallest absolute Gasteiger partial charge is 0.411 e. The van der Waals surface area contributed by atoms with Gasteiger partial charge < -0.3 is 4.74 Å². The van der Waals surface area contributed by atoms with Crippen LogP contribution in [0.5, 0.6) is 0 Å². The molecular weight excluding hydrogens is 310 g/mol. The van der Waals surface area contributed by atoms with Crippen molar-refractivity contribution in [2.45, 2.75) is 78.0 Å². The zero-order valence-electron chi connectivity index (χ0n) is 16.2. The summed E-state index contributed by atoms with van der Waals surface area (Å²) < 4.78 is 5.61. The number of ether oxygens (including phenoxy) is 1. The second-order valence-electron chi connectivity index (χ2n) is 8.88. The number of benzene rings is 1. The van der Waals surface area contributed by atoms with Gasteiger partial charge in [0.15, 0.2) is 0 Å². The van der Waals surface area contributed by atoms with Crippen LogP contribution in [-0.4, -0.2) is 28.7 Å². The molecule has 0 spiro atoms. The number of amides is 1. The van der Waals surface area contributed by atoms with Gasteiger partial charge in [-0.1, -0.05) is 44.2 Å². The first kappa shape index (κ1) is 18.0. The maximum absolute atomic E-state index is 12.5. The number of hydrogen-bond donors (Lipinski definition) is 0. The molecule has 2 unspecified atom stereocenters. The van der Waals surface area contributed by atoms with Crippen molar-refractivity contribution in [2.24, 2.45) is 5.92 Å². The van der Waals surface area contributed by atoms with Crippen LogP contribution in [0.2, 0.25) is 0 Å². The molecule has 3 rings (SSSR count). The van der Waals surface area contributed by atoms with Crippen molar-refractivity contribution >= 4 is 11.7 Å². The molecule has 136 valence electrons. The summed E-state index contributed by atoms with van der Waals surface area (Å²) in [5, 5.41) is 0. The van der Waals surface area contributed by atoms with E-state index in [1.807, 2.05) is 25.7 Å². The maximum Gasteiger partial charge on any atom is 0.411 e. The minimum absolute atomic E-state index is 0.164. The van der Waals surface area contributed by atoms with E-state index >= 15 is 0 Å².